The van der Waals surface area contributed by atoms with Crippen molar-refractivity contribution in [3.05, 3.63) is 48.4 Å². The third-order valence-corrected chi connectivity index (χ3v) is 3.52. The normalized spacial score (nSPS) is 13.0. The summed E-state index contributed by atoms with van der Waals surface area (Å²) in [6.07, 6.45) is -0.300. The van der Waals surface area contributed by atoms with E-state index in [4.69, 9.17) is 4.52 Å². The molecule has 0 aromatic carbocycles. The summed E-state index contributed by atoms with van der Waals surface area (Å²) >= 11 is 0. The molecule has 0 saturated heterocycles. The minimum absolute atomic E-state index is 0.0738. The molecule has 0 bridgehead atoms. The highest BCUT2D eigenvalue weighted by molar-refractivity contribution is 5.52. The number of nitrogens with one attached hydrogen (secondary N) is 1. The number of nitrogens with zero attached hydrogens (tertiary/aromatic N) is 5. The Morgan fingerprint density at radius 3 is 2.58 bits per heavy atom. The number of rotatable bonds is 5. The summed E-state index contributed by atoms with van der Waals surface area (Å²) in [7, 11) is 0. The second kappa shape index (κ2) is 7.06. The van der Waals surface area contributed by atoms with E-state index in [1.165, 1.54) is 0 Å². The van der Waals surface area contributed by atoms with Gasteiger partial charge in [0, 0.05) is 24.2 Å². The fraction of sp³-hybridized carbons (Fsp3) is 0.312. The van der Waals surface area contributed by atoms with E-state index in [2.05, 4.69) is 30.4 Å². The Bertz CT molecular complexity index is 866. The molecule has 1 unspecified atom stereocenters. The van der Waals surface area contributed by atoms with Gasteiger partial charge in [-0.2, -0.15) is 18.2 Å². The molecule has 0 fully saturated rings. The molecule has 3 heterocycles. The van der Waals surface area contributed by atoms with Crippen molar-refractivity contribution in [2.75, 3.05) is 5.32 Å². The molecule has 0 aliphatic heterocycles. The molecule has 26 heavy (non-hydrogen) atoms. The summed E-state index contributed by atoms with van der Waals surface area (Å²) in [5.74, 6) is 0.320. The molecule has 3 aromatic heterocycles. The highest BCUT2D eigenvalue weighted by Gasteiger charge is 2.33. The number of hydrogen-bond donors (Lipinski definition) is 1. The van der Waals surface area contributed by atoms with E-state index in [9.17, 15) is 13.2 Å². The molecular weight excluding hydrogens is 349 g/mol. The highest BCUT2D eigenvalue weighted by atomic mass is 19.4. The van der Waals surface area contributed by atoms with Gasteiger partial charge in [-0.1, -0.05) is 19.0 Å². The van der Waals surface area contributed by atoms with E-state index in [1.54, 1.807) is 24.5 Å². The lowest BCUT2D eigenvalue weighted by Crippen LogP contribution is -2.20. The summed E-state index contributed by atoms with van der Waals surface area (Å²) in [6.45, 7) is 3.72. The Morgan fingerprint density at radius 1 is 1.12 bits per heavy atom. The van der Waals surface area contributed by atoms with Crippen LogP contribution >= 0.6 is 0 Å². The monoisotopic (exact) mass is 364 g/mol. The molecule has 1 N–H and O–H groups in total. The van der Waals surface area contributed by atoms with Gasteiger partial charge in [0.25, 0.3) is 0 Å². The van der Waals surface area contributed by atoms with Crippen molar-refractivity contribution in [3.63, 3.8) is 0 Å². The molecule has 0 aliphatic rings. The number of anilines is 1. The summed E-state index contributed by atoms with van der Waals surface area (Å²) in [4.78, 5) is 15.7. The van der Waals surface area contributed by atoms with Crippen LogP contribution in [0.4, 0.5) is 19.1 Å². The van der Waals surface area contributed by atoms with Gasteiger partial charge in [0.15, 0.2) is 0 Å². The summed E-state index contributed by atoms with van der Waals surface area (Å²) in [6, 6.07) is 3.76. The number of halogens is 3. The first-order chi connectivity index (χ1) is 12.3. The van der Waals surface area contributed by atoms with E-state index >= 15 is 0 Å². The molecule has 10 heteroatoms. The molecule has 1 atom stereocenters. The van der Waals surface area contributed by atoms with Crippen LogP contribution in [-0.4, -0.2) is 25.1 Å². The zero-order valence-electron chi connectivity index (χ0n) is 13.9. The summed E-state index contributed by atoms with van der Waals surface area (Å²) in [5.41, 5.74) is -0.362. The Balaban J connectivity index is 1.86. The second-order valence-corrected chi connectivity index (χ2v) is 5.83. The first-order valence-corrected chi connectivity index (χ1v) is 7.75. The zero-order chi connectivity index (χ0) is 18.7. The maximum absolute atomic E-state index is 12.8. The molecule has 0 saturated carbocycles. The Kier molecular flexibility index (Phi) is 4.83. The topological polar surface area (TPSA) is 89.6 Å². The molecule has 0 amide bonds. The van der Waals surface area contributed by atoms with Gasteiger partial charge >= 0.3 is 6.18 Å². The van der Waals surface area contributed by atoms with Crippen molar-refractivity contribution in [2.24, 2.45) is 5.92 Å². The van der Waals surface area contributed by atoms with Crippen LogP contribution in [-0.2, 0) is 6.18 Å². The molecule has 3 aromatic rings. The Labute approximate surface area is 146 Å². The maximum Gasteiger partial charge on any atom is 0.433 e. The molecule has 3 rings (SSSR count). The van der Waals surface area contributed by atoms with Crippen LogP contribution in [0.1, 0.15) is 31.5 Å². The summed E-state index contributed by atoms with van der Waals surface area (Å²) < 4.78 is 43.7. The minimum atomic E-state index is -4.55. The lowest BCUT2D eigenvalue weighted by Gasteiger charge is -2.18. The zero-order valence-corrected chi connectivity index (χ0v) is 13.9. The molecule has 136 valence electrons. The second-order valence-electron chi connectivity index (χ2n) is 5.83. The van der Waals surface area contributed by atoms with E-state index < -0.39 is 17.9 Å². The van der Waals surface area contributed by atoms with Crippen LogP contribution in [0.25, 0.3) is 11.4 Å². The van der Waals surface area contributed by atoms with E-state index in [0.717, 1.165) is 12.3 Å². The predicted molar refractivity (Wildman–Crippen MR) is 85.8 cm³/mol. The Morgan fingerprint density at radius 2 is 1.92 bits per heavy atom. The minimum Gasteiger partial charge on any atom is -0.342 e. The van der Waals surface area contributed by atoms with Crippen molar-refractivity contribution < 1.29 is 17.7 Å². The largest absolute Gasteiger partial charge is 0.433 e. The molecule has 7 nitrogen and oxygen atoms in total. The van der Waals surface area contributed by atoms with Gasteiger partial charge in [0.05, 0.1) is 0 Å². The fourth-order valence-corrected chi connectivity index (χ4v) is 2.21. The van der Waals surface area contributed by atoms with Gasteiger partial charge in [-0.25, -0.2) is 9.97 Å². The van der Waals surface area contributed by atoms with Gasteiger partial charge in [0.2, 0.25) is 17.7 Å². The van der Waals surface area contributed by atoms with Gasteiger partial charge in [0.1, 0.15) is 11.7 Å². The van der Waals surface area contributed by atoms with E-state index in [-0.39, 0.29) is 17.8 Å². The predicted octanol–water partition coefficient (Wildman–Crippen LogP) is 3.75. The SMILES string of the molecule is CC(C)C(Nc1nccc(C(F)(F)F)n1)c1nc(-c2cccnc2)no1. The van der Waals surface area contributed by atoms with Crippen molar-refractivity contribution in [2.45, 2.75) is 26.1 Å². The van der Waals surface area contributed by atoms with Crippen LogP contribution in [0.3, 0.4) is 0 Å². The Hall–Kier alpha value is -3.04. The maximum atomic E-state index is 12.8. The van der Waals surface area contributed by atoms with Crippen LogP contribution in [0, 0.1) is 5.92 Å². The van der Waals surface area contributed by atoms with Gasteiger partial charge in [-0.15, -0.1) is 0 Å². The first-order valence-electron chi connectivity index (χ1n) is 7.75. The smallest absolute Gasteiger partial charge is 0.342 e. The average Bonchev–Trinajstić information content (AvgIpc) is 3.09. The van der Waals surface area contributed by atoms with Crippen molar-refractivity contribution in [1.29, 1.82) is 0 Å². The number of aromatic nitrogens is 5. The van der Waals surface area contributed by atoms with Crippen molar-refractivity contribution in [3.8, 4) is 11.4 Å². The van der Waals surface area contributed by atoms with Gasteiger partial charge in [-0.3, -0.25) is 4.98 Å². The number of hydrogen-bond acceptors (Lipinski definition) is 7. The van der Waals surface area contributed by atoms with Crippen LogP contribution in [0.5, 0.6) is 0 Å². The third-order valence-electron chi connectivity index (χ3n) is 3.52. The third kappa shape index (κ3) is 3.95. The van der Waals surface area contributed by atoms with E-state index in [0.29, 0.717) is 11.4 Å². The number of alkyl halides is 3. The van der Waals surface area contributed by atoms with Crippen LogP contribution < -0.4 is 5.32 Å². The van der Waals surface area contributed by atoms with E-state index in [1.807, 2.05) is 13.8 Å². The molecule has 0 radical (unpaired) electrons. The lowest BCUT2D eigenvalue weighted by molar-refractivity contribution is -0.141. The highest BCUT2D eigenvalue weighted by Crippen LogP contribution is 2.29. The first kappa shape index (κ1) is 17.8. The van der Waals surface area contributed by atoms with Gasteiger partial charge in [-0.05, 0) is 24.1 Å². The lowest BCUT2D eigenvalue weighted by atomic mass is 10.0. The molecular formula is C16H15F3N6O. The molecule has 0 spiro atoms. The van der Waals surface area contributed by atoms with Crippen molar-refractivity contribution in [1.82, 2.24) is 25.1 Å². The standard InChI is InChI=1S/C16H15F3N6O/c1-9(2)12(23-15-21-7-5-11(22-15)16(17,18)19)14-24-13(25-26-14)10-4-3-6-20-8-10/h3-9,12H,1-2H3,(H,21,22,23). The quantitative estimate of drug-likeness (QED) is 0.737. The fourth-order valence-electron chi connectivity index (χ4n) is 2.21. The molecule has 0 aliphatic carbocycles. The van der Waals surface area contributed by atoms with Gasteiger partial charge < -0.3 is 9.84 Å². The number of pyridine rings is 1. The van der Waals surface area contributed by atoms with Crippen LogP contribution in [0.2, 0.25) is 0 Å². The van der Waals surface area contributed by atoms with Crippen molar-refractivity contribution >= 4 is 5.95 Å². The van der Waals surface area contributed by atoms with Crippen LogP contribution in [0.15, 0.2) is 41.3 Å². The summed E-state index contributed by atoms with van der Waals surface area (Å²) in [5, 5.41) is 6.74. The average molecular weight is 364 g/mol.